The van der Waals surface area contributed by atoms with Crippen LogP contribution in [0.3, 0.4) is 0 Å². The number of azide groups is 1. The van der Waals surface area contributed by atoms with Crippen LogP contribution >= 0.6 is 0 Å². The Hall–Kier alpha value is -2.44. The van der Waals surface area contributed by atoms with Gasteiger partial charge in [-0.15, -0.1) is 0 Å². The third kappa shape index (κ3) is 3.74. The summed E-state index contributed by atoms with van der Waals surface area (Å²) in [6.07, 6.45) is 0. The summed E-state index contributed by atoms with van der Waals surface area (Å²) in [5.41, 5.74) is 9.30. The summed E-state index contributed by atoms with van der Waals surface area (Å²) in [4.78, 5) is 13.6. The standard InChI is InChI=1S/C11H9N3O2/c1-2-16-11(15)7-6-9-4-3-5-10(8-9)13-14-12/h3-5,8H,2H2,1H3. The molecule has 0 fully saturated rings. The number of nitrogens with zero attached hydrogens (tertiary/aromatic N) is 3. The predicted molar refractivity (Wildman–Crippen MR) is 58.8 cm³/mol. The summed E-state index contributed by atoms with van der Waals surface area (Å²) in [6, 6.07) is 6.64. The van der Waals surface area contributed by atoms with Crippen LogP contribution in [0.2, 0.25) is 0 Å². The van der Waals surface area contributed by atoms with Crippen molar-refractivity contribution in [2.75, 3.05) is 6.61 Å². The van der Waals surface area contributed by atoms with Crippen molar-refractivity contribution in [2.45, 2.75) is 6.92 Å². The Labute approximate surface area is 92.7 Å². The Bertz CT molecular complexity index is 493. The zero-order valence-electron chi connectivity index (χ0n) is 8.67. The molecular formula is C11H9N3O2. The molecule has 1 aromatic rings. The van der Waals surface area contributed by atoms with E-state index < -0.39 is 5.97 Å². The van der Waals surface area contributed by atoms with Gasteiger partial charge in [-0.1, -0.05) is 23.2 Å². The van der Waals surface area contributed by atoms with Gasteiger partial charge < -0.3 is 4.74 Å². The Kier molecular flexibility index (Phi) is 4.45. The largest absolute Gasteiger partial charge is 0.456 e. The predicted octanol–water partition coefficient (Wildman–Crippen LogP) is 2.54. The van der Waals surface area contributed by atoms with Gasteiger partial charge >= 0.3 is 5.97 Å². The quantitative estimate of drug-likeness (QED) is 0.250. The molecule has 0 amide bonds. The van der Waals surface area contributed by atoms with Crippen molar-refractivity contribution in [3.63, 3.8) is 0 Å². The fourth-order valence-corrected chi connectivity index (χ4v) is 0.988. The molecule has 0 spiro atoms. The molecule has 0 aliphatic heterocycles. The van der Waals surface area contributed by atoms with Gasteiger partial charge in [0.15, 0.2) is 0 Å². The second-order valence-corrected chi connectivity index (χ2v) is 2.71. The Balaban J connectivity index is 2.84. The monoisotopic (exact) mass is 215 g/mol. The van der Waals surface area contributed by atoms with Gasteiger partial charge in [-0.3, -0.25) is 0 Å². The molecule has 1 aromatic carbocycles. The van der Waals surface area contributed by atoms with Crippen LogP contribution in [0.15, 0.2) is 29.4 Å². The van der Waals surface area contributed by atoms with Gasteiger partial charge in [-0.05, 0) is 24.6 Å². The fraction of sp³-hybridized carbons (Fsp3) is 0.182. The average Bonchev–Trinajstić information content (AvgIpc) is 2.28. The normalized spacial score (nSPS) is 8.31. The molecule has 0 unspecified atom stereocenters. The number of rotatable bonds is 2. The molecule has 1 rings (SSSR count). The summed E-state index contributed by atoms with van der Waals surface area (Å²) in [5, 5.41) is 3.43. The summed E-state index contributed by atoms with van der Waals surface area (Å²) in [7, 11) is 0. The maximum atomic E-state index is 10.9. The van der Waals surface area contributed by atoms with Gasteiger partial charge in [0.05, 0.1) is 6.61 Å². The lowest BCUT2D eigenvalue weighted by atomic mass is 10.2. The summed E-state index contributed by atoms with van der Waals surface area (Å²) >= 11 is 0. The van der Waals surface area contributed by atoms with E-state index in [0.717, 1.165) is 0 Å². The second kappa shape index (κ2) is 6.12. The van der Waals surface area contributed by atoms with E-state index in [9.17, 15) is 4.79 Å². The molecule has 0 N–H and O–H groups in total. The van der Waals surface area contributed by atoms with Crippen LogP contribution in [-0.4, -0.2) is 12.6 Å². The van der Waals surface area contributed by atoms with Gasteiger partial charge in [0.1, 0.15) is 0 Å². The average molecular weight is 215 g/mol. The van der Waals surface area contributed by atoms with Crippen molar-refractivity contribution in [1.82, 2.24) is 0 Å². The number of hydrogen-bond acceptors (Lipinski definition) is 3. The van der Waals surface area contributed by atoms with Crippen LogP contribution in [0.1, 0.15) is 12.5 Å². The van der Waals surface area contributed by atoms with Crippen molar-refractivity contribution in [1.29, 1.82) is 0 Å². The fourth-order valence-electron chi connectivity index (χ4n) is 0.988. The zero-order valence-corrected chi connectivity index (χ0v) is 8.67. The van der Waals surface area contributed by atoms with Gasteiger partial charge in [-0.2, -0.15) is 0 Å². The van der Waals surface area contributed by atoms with E-state index >= 15 is 0 Å². The first-order chi connectivity index (χ1) is 7.76. The van der Waals surface area contributed by atoms with Crippen LogP contribution in [-0.2, 0) is 9.53 Å². The Morgan fingerprint density at radius 1 is 1.62 bits per heavy atom. The van der Waals surface area contributed by atoms with E-state index in [-0.39, 0.29) is 0 Å². The second-order valence-electron chi connectivity index (χ2n) is 2.71. The van der Waals surface area contributed by atoms with Crippen molar-refractivity contribution in [3.8, 4) is 11.8 Å². The van der Waals surface area contributed by atoms with Crippen LogP contribution in [0.4, 0.5) is 5.69 Å². The third-order valence-electron chi connectivity index (χ3n) is 1.59. The first-order valence-electron chi connectivity index (χ1n) is 4.60. The van der Waals surface area contributed by atoms with Crippen LogP contribution < -0.4 is 0 Å². The van der Waals surface area contributed by atoms with E-state index in [1.54, 1.807) is 31.2 Å². The van der Waals surface area contributed by atoms with Crippen molar-refractivity contribution in [2.24, 2.45) is 5.11 Å². The molecule has 0 heterocycles. The lowest BCUT2D eigenvalue weighted by Gasteiger charge is -1.93. The first kappa shape index (κ1) is 11.6. The lowest BCUT2D eigenvalue weighted by molar-refractivity contribution is -0.136. The van der Waals surface area contributed by atoms with Gasteiger partial charge in [-0.25, -0.2) is 4.79 Å². The number of esters is 1. The van der Waals surface area contributed by atoms with Crippen molar-refractivity contribution >= 4 is 11.7 Å². The molecule has 0 saturated heterocycles. The van der Waals surface area contributed by atoms with Gasteiger partial charge in [0, 0.05) is 22.1 Å². The number of hydrogen-bond donors (Lipinski definition) is 0. The van der Waals surface area contributed by atoms with Gasteiger partial charge in [0.25, 0.3) is 0 Å². The molecule has 16 heavy (non-hydrogen) atoms. The molecule has 0 bridgehead atoms. The third-order valence-corrected chi connectivity index (χ3v) is 1.59. The van der Waals surface area contributed by atoms with E-state index in [2.05, 4.69) is 26.6 Å². The molecule has 80 valence electrons. The maximum absolute atomic E-state index is 10.9. The number of benzene rings is 1. The number of ether oxygens (including phenoxy) is 1. The minimum atomic E-state index is -0.573. The molecule has 5 heteroatoms. The summed E-state index contributed by atoms with van der Waals surface area (Å²) in [6.45, 7) is 2.01. The Morgan fingerprint density at radius 3 is 3.12 bits per heavy atom. The zero-order chi connectivity index (χ0) is 11.8. The highest BCUT2D eigenvalue weighted by Crippen LogP contribution is 2.13. The van der Waals surface area contributed by atoms with Crippen LogP contribution in [0.5, 0.6) is 0 Å². The lowest BCUT2D eigenvalue weighted by Crippen LogP contribution is -1.99. The smallest absolute Gasteiger partial charge is 0.384 e. The highest BCUT2D eigenvalue weighted by molar-refractivity contribution is 5.89. The number of carbonyl (C=O) groups is 1. The molecule has 0 aliphatic carbocycles. The first-order valence-corrected chi connectivity index (χ1v) is 4.60. The molecule has 0 saturated carbocycles. The van der Waals surface area contributed by atoms with E-state index in [1.165, 1.54) is 0 Å². The number of carbonyl (C=O) groups excluding carboxylic acids is 1. The minimum absolute atomic E-state index is 0.298. The maximum Gasteiger partial charge on any atom is 0.384 e. The molecule has 0 radical (unpaired) electrons. The SMILES string of the molecule is CCOC(=O)C#Cc1cccc(N=[N+]=[N-])c1. The van der Waals surface area contributed by atoms with Crippen LogP contribution in [0.25, 0.3) is 10.4 Å². The van der Waals surface area contributed by atoms with E-state index in [0.29, 0.717) is 17.9 Å². The molecular weight excluding hydrogens is 206 g/mol. The van der Waals surface area contributed by atoms with Crippen molar-refractivity contribution in [3.05, 3.63) is 40.3 Å². The Morgan fingerprint density at radius 2 is 2.44 bits per heavy atom. The molecule has 0 aromatic heterocycles. The molecule has 0 aliphatic rings. The highest BCUT2D eigenvalue weighted by Gasteiger charge is 1.94. The van der Waals surface area contributed by atoms with Crippen molar-refractivity contribution < 1.29 is 9.53 Å². The highest BCUT2D eigenvalue weighted by atomic mass is 16.5. The summed E-state index contributed by atoms with van der Waals surface area (Å²) in [5.74, 6) is 4.37. The summed E-state index contributed by atoms with van der Waals surface area (Å²) < 4.78 is 4.65. The van der Waals surface area contributed by atoms with E-state index in [4.69, 9.17) is 5.53 Å². The molecule has 0 atom stereocenters. The van der Waals surface area contributed by atoms with Crippen LogP contribution in [0, 0.1) is 11.8 Å². The van der Waals surface area contributed by atoms with Gasteiger partial charge in [0.2, 0.25) is 0 Å². The van der Waals surface area contributed by atoms with E-state index in [1.807, 2.05) is 0 Å². The minimum Gasteiger partial charge on any atom is -0.456 e. The topological polar surface area (TPSA) is 75.1 Å². The molecule has 5 nitrogen and oxygen atoms in total.